The lowest BCUT2D eigenvalue weighted by molar-refractivity contribution is 0.0693. The van der Waals surface area contributed by atoms with Crippen LogP contribution in [0.1, 0.15) is 73.2 Å². The molecule has 0 bridgehead atoms. The molecule has 3 nitrogen and oxygen atoms in total. The number of carboxylic acid groups (broad SMARTS) is 1. The van der Waals surface area contributed by atoms with E-state index in [4.69, 9.17) is 5.11 Å². The van der Waals surface area contributed by atoms with Gasteiger partial charge < -0.3 is 10.2 Å². The highest BCUT2D eigenvalue weighted by Crippen LogP contribution is 2.32. The summed E-state index contributed by atoms with van der Waals surface area (Å²) in [4.78, 5) is 11.1. The van der Waals surface area contributed by atoms with Crippen LogP contribution in [0.25, 0.3) is 0 Å². The van der Waals surface area contributed by atoms with Crippen molar-refractivity contribution in [2.24, 2.45) is 0 Å². The minimum atomic E-state index is -1.05. The Bertz CT molecular complexity index is 430. The summed E-state index contributed by atoms with van der Waals surface area (Å²) in [5.41, 5.74) is 1.09. The number of phenols is 1. The molecule has 0 aromatic heterocycles. The molecular weight excluding hydrogens is 240 g/mol. The lowest BCUT2D eigenvalue weighted by Crippen LogP contribution is -2.03. The number of carboxylic acids is 1. The molecule has 0 radical (unpaired) electrons. The Hall–Kier alpha value is -1.51. The lowest BCUT2D eigenvalue weighted by atomic mass is 9.88. The topological polar surface area (TPSA) is 57.5 Å². The van der Waals surface area contributed by atoms with E-state index in [1.54, 1.807) is 6.07 Å². The Morgan fingerprint density at radius 1 is 1.00 bits per heavy atom. The Morgan fingerprint density at radius 2 is 1.58 bits per heavy atom. The first-order valence-electron chi connectivity index (χ1n) is 7.24. The van der Waals surface area contributed by atoms with E-state index >= 15 is 0 Å². The predicted molar refractivity (Wildman–Crippen MR) is 74.7 cm³/mol. The molecule has 19 heavy (non-hydrogen) atoms. The van der Waals surface area contributed by atoms with Crippen LogP contribution in [0.15, 0.2) is 18.2 Å². The van der Waals surface area contributed by atoms with Gasteiger partial charge in [-0.25, -0.2) is 4.79 Å². The average Bonchev–Trinajstić information content (AvgIpc) is 2.52. The molecule has 0 aliphatic heterocycles. The Labute approximate surface area is 114 Å². The smallest absolute Gasteiger partial charge is 0.339 e. The molecule has 1 aliphatic rings. The summed E-state index contributed by atoms with van der Waals surface area (Å²) < 4.78 is 0. The van der Waals surface area contributed by atoms with Crippen LogP contribution in [0.2, 0.25) is 0 Å². The Kier molecular flexibility index (Phi) is 4.83. The molecule has 1 aromatic rings. The van der Waals surface area contributed by atoms with E-state index < -0.39 is 5.97 Å². The van der Waals surface area contributed by atoms with Gasteiger partial charge in [0.25, 0.3) is 0 Å². The standard InChI is InChI=1S/C16H22O3/c17-15-10-9-13(11-14(15)16(18)19)12-7-5-3-1-2-4-6-8-12/h9-12,17H,1-8H2,(H,18,19). The quantitative estimate of drug-likeness (QED) is 0.835. The maximum Gasteiger partial charge on any atom is 0.339 e. The SMILES string of the molecule is O=C(O)c1cc(C2CCCCCCCC2)ccc1O. The summed E-state index contributed by atoms with van der Waals surface area (Å²) in [5.74, 6) is -0.751. The van der Waals surface area contributed by atoms with Crippen molar-refractivity contribution in [3.8, 4) is 5.75 Å². The molecule has 1 fully saturated rings. The maximum atomic E-state index is 11.1. The van der Waals surface area contributed by atoms with Crippen molar-refractivity contribution in [3.63, 3.8) is 0 Å². The van der Waals surface area contributed by atoms with E-state index in [0.717, 1.165) is 18.4 Å². The monoisotopic (exact) mass is 262 g/mol. The van der Waals surface area contributed by atoms with Gasteiger partial charge in [0.2, 0.25) is 0 Å². The molecule has 2 N–H and O–H groups in total. The first-order valence-corrected chi connectivity index (χ1v) is 7.24. The summed E-state index contributed by atoms with van der Waals surface area (Å²) in [6, 6.07) is 5.05. The van der Waals surface area contributed by atoms with E-state index in [2.05, 4.69) is 0 Å². The van der Waals surface area contributed by atoms with Gasteiger partial charge in [0.05, 0.1) is 0 Å². The van der Waals surface area contributed by atoms with E-state index in [-0.39, 0.29) is 11.3 Å². The number of hydrogen-bond donors (Lipinski definition) is 2. The summed E-state index contributed by atoms with van der Waals surface area (Å²) in [7, 11) is 0. The van der Waals surface area contributed by atoms with Crippen molar-refractivity contribution in [2.45, 2.75) is 57.3 Å². The van der Waals surface area contributed by atoms with Crippen LogP contribution in [0.5, 0.6) is 5.75 Å². The summed E-state index contributed by atoms with van der Waals surface area (Å²) >= 11 is 0. The normalized spacial score (nSPS) is 18.3. The van der Waals surface area contributed by atoms with Crippen LogP contribution in [0, 0.1) is 0 Å². The zero-order valence-electron chi connectivity index (χ0n) is 11.3. The van der Waals surface area contributed by atoms with Gasteiger partial charge in [0, 0.05) is 0 Å². The fourth-order valence-electron chi connectivity index (χ4n) is 2.95. The van der Waals surface area contributed by atoms with Crippen LogP contribution in [-0.2, 0) is 0 Å². The third kappa shape index (κ3) is 3.72. The highest BCUT2D eigenvalue weighted by Gasteiger charge is 2.17. The number of hydrogen-bond acceptors (Lipinski definition) is 2. The van der Waals surface area contributed by atoms with Crippen molar-refractivity contribution in [3.05, 3.63) is 29.3 Å². The van der Waals surface area contributed by atoms with Crippen molar-refractivity contribution in [1.29, 1.82) is 0 Å². The van der Waals surface area contributed by atoms with Crippen molar-refractivity contribution in [1.82, 2.24) is 0 Å². The fourth-order valence-corrected chi connectivity index (χ4v) is 2.95. The number of aromatic hydroxyl groups is 1. The van der Waals surface area contributed by atoms with Gasteiger partial charge in [0.1, 0.15) is 11.3 Å². The second-order valence-corrected chi connectivity index (χ2v) is 5.48. The molecule has 3 heteroatoms. The molecule has 0 saturated heterocycles. The predicted octanol–water partition coefficient (Wildman–Crippen LogP) is 4.31. The second kappa shape index (κ2) is 6.60. The third-order valence-electron chi connectivity index (χ3n) is 4.08. The molecule has 0 heterocycles. The van der Waals surface area contributed by atoms with Gasteiger partial charge in [-0.05, 0) is 36.5 Å². The molecule has 0 amide bonds. The number of benzene rings is 1. The summed E-state index contributed by atoms with van der Waals surface area (Å²) in [6.07, 6.45) is 9.89. The molecule has 1 aromatic carbocycles. The van der Waals surface area contributed by atoms with Gasteiger partial charge in [-0.1, -0.05) is 44.6 Å². The molecular formula is C16H22O3. The van der Waals surface area contributed by atoms with Crippen LogP contribution < -0.4 is 0 Å². The van der Waals surface area contributed by atoms with Gasteiger partial charge in [-0.2, -0.15) is 0 Å². The van der Waals surface area contributed by atoms with Crippen LogP contribution in [-0.4, -0.2) is 16.2 Å². The minimum Gasteiger partial charge on any atom is -0.507 e. The molecule has 1 aliphatic carbocycles. The van der Waals surface area contributed by atoms with E-state index in [9.17, 15) is 9.90 Å². The minimum absolute atomic E-state index is 0.0253. The van der Waals surface area contributed by atoms with Gasteiger partial charge in [-0.15, -0.1) is 0 Å². The van der Waals surface area contributed by atoms with Crippen LogP contribution in [0.3, 0.4) is 0 Å². The van der Waals surface area contributed by atoms with Crippen LogP contribution in [0.4, 0.5) is 0 Å². The number of carbonyl (C=O) groups is 1. The van der Waals surface area contributed by atoms with Crippen LogP contribution >= 0.6 is 0 Å². The fraction of sp³-hybridized carbons (Fsp3) is 0.562. The molecule has 0 atom stereocenters. The second-order valence-electron chi connectivity index (χ2n) is 5.48. The van der Waals surface area contributed by atoms with Gasteiger partial charge in [0.15, 0.2) is 0 Å². The van der Waals surface area contributed by atoms with E-state index in [1.165, 1.54) is 44.6 Å². The number of aromatic carboxylic acids is 1. The van der Waals surface area contributed by atoms with Crippen molar-refractivity contribution in [2.75, 3.05) is 0 Å². The first-order chi connectivity index (χ1) is 9.18. The largest absolute Gasteiger partial charge is 0.507 e. The first kappa shape index (κ1) is 13.9. The van der Waals surface area contributed by atoms with Gasteiger partial charge >= 0.3 is 5.97 Å². The summed E-state index contributed by atoms with van der Waals surface area (Å²) in [6.45, 7) is 0. The van der Waals surface area contributed by atoms with Gasteiger partial charge in [-0.3, -0.25) is 0 Å². The number of rotatable bonds is 2. The highest BCUT2D eigenvalue weighted by molar-refractivity contribution is 5.90. The third-order valence-corrected chi connectivity index (χ3v) is 4.08. The van der Waals surface area contributed by atoms with E-state index in [1.807, 2.05) is 6.07 Å². The maximum absolute atomic E-state index is 11.1. The lowest BCUT2D eigenvalue weighted by Gasteiger charge is -2.17. The average molecular weight is 262 g/mol. The van der Waals surface area contributed by atoms with Crippen molar-refractivity contribution >= 4 is 5.97 Å². The highest BCUT2D eigenvalue weighted by atomic mass is 16.4. The molecule has 0 spiro atoms. The Morgan fingerprint density at radius 3 is 2.16 bits per heavy atom. The molecule has 2 rings (SSSR count). The zero-order chi connectivity index (χ0) is 13.7. The molecule has 104 valence electrons. The Balaban J connectivity index is 2.18. The zero-order valence-corrected chi connectivity index (χ0v) is 11.3. The van der Waals surface area contributed by atoms with E-state index in [0.29, 0.717) is 5.92 Å². The summed E-state index contributed by atoms with van der Waals surface area (Å²) in [5, 5.41) is 18.6. The molecule has 1 saturated carbocycles. The van der Waals surface area contributed by atoms with Crippen molar-refractivity contribution < 1.29 is 15.0 Å². The molecule has 0 unspecified atom stereocenters.